The summed E-state index contributed by atoms with van der Waals surface area (Å²) in [7, 11) is 0. The van der Waals surface area contributed by atoms with Crippen LogP contribution in [0.1, 0.15) is 38.2 Å². The molecule has 0 amide bonds. The fraction of sp³-hybridized carbons (Fsp3) is 0.667. The van der Waals surface area contributed by atoms with Gasteiger partial charge in [-0.25, -0.2) is 0 Å². The first-order valence-electron chi connectivity index (χ1n) is 6.95. The predicted molar refractivity (Wildman–Crippen MR) is 79.9 cm³/mol. The van der Waals surface area contributed by atoms with E-state index in [4.69, 9.17) is 0 Å². The fourth-order valence-corrected chi connectivity index (χ4v) is 3.70. The van der Waals surface area contributed by atoms with Crippen molar-refractivity contribution < 1.29 is 0 Å². The molecule has 0 aliphatic heterocycles. The lowest BCUT2D eigenvalue weighted by Gasteiger charge is -2.33. The van der Waals surface area contributed by atoms with Gasteiger partial charge in [0, 0.05) is 30.8 Å². The molecule has 0 bridgehead atoms. The summed E-state index contributed by atoms with van der Waals surface area (Å²) < 4.78 is 0. The van der Waals surface area contributed by atoms with E-state index in [9.17, 15) is 0 Å². The Balaban J connectivity index is 1.96. The lowest BCUT2D eigenvalue weighted by molar-refractivity contribution is 0.172. The molecule has 1 fully saturated rings. The number of alkyl halides is 1. The number of hydrogen-bond donors (Lipinski definition) is 0. The van der Waals surface area contributed by atoms with Crippen LogP contribution in [0.5, 0.6) is 0 Å². The zero-order valence-electron chi connectivity index (χ0n) is 11.2. The quantitative estimate of drug-likeness (QED) is 0.742. The Morgan fingerprint density at radius 2 is 1.94 bits per heavy atom. The van der Waals surface area contributed by atoms with Gasteiger partial charge < -0.3 is 0 Å². The third-order valence-corrected chi connectivity index (χ3v) is 5.30. The molecule has 0 unspecified atom stereocenters. The molecular formula is C15H23BrN2. The van der Waals surface area contributed by atoms with Gasteiger partial charge in [-0.1, -0.05) is 35.7 Å². The first-order chi connectivity index (χ1) is 8.78. The molecule has 1 aliphatic carbocycles. The van der Waals surface area contributed by atoms with Gasteiger partial charge in [-0.3, -0.25) is 9.88 Å². The summed E-state index contributed by atoms with van der Waals surface area (Å²) in [6.45, 7) is 5.65. The van der Waals surface area contributed by atoms with Crippen molar-refractivity contribution in [1.29, 1.82) is 0 Å². The number of halogens is 1. The van der Waals surface area contributed by atoms with Crippen molar-refractivity contribution in [2.24, 2.45) is 5.41 Å². The average Bonchev–Trinajstić information content (AvgIpc) is 2.88. The molecule has 0 saturated heterocycles. The summed E-state index contributed by atoms with van der Waals surface area (Å²) in [5.41, 5.74) is 1.89. The summed E-state index contributed by atoms with van der Waals surface area (Å²) in [6, 6.07) is 4.25. The highest BCUT2D eigenvalue weighted by molar-refractivity contribution is 9.09. The maximum Gasteiger partial charge on any atom is 0.0271 e. The Hall–Kier alpha value is -0.410. The molecule has 0 aromatic carbocycles. The van der Waals surface area contributed by atoms with Crippen molar-refractivity contribution in [1.82, 2.24) is 9.88 Å². The van der Waals surface area contributed by atoms with E-state index in [0.29, 0.717) is 5.41 Å². The summed E-state index contributed by atoms with van der Waals surface area (Å²) in [6.07, 6.45) is 9.34. The van der Waals surface area contributed by atoms with Crippen LogP contribution in [0.25, 0.3) is 0 Å². The highest BCUT2D eigenvalue weighted by atomic mass is 79.9. The minimum absolute atomic E-state index is 0.517. The van der Waals surface area contributed by atoms with Crippen LogP contribution in [-0.4, -0.2) is 28.3 Å². The van der Waals surface area contributed by atoms with Crippen LogP contribution >= 0.6 is 15.9 Å². The Bertz CT molecular complexity index is 347. The maximum absolute atomic E-state index is 4.09. The highest BCUT2D eigenvalue weighted by Crippen LogP contribution is 2.40. The molecule has 1 saturated carbocycles. The van der Waals surface area contributed by atoms with E-state index in [-0.39, 0.29) is 0 Å². The second-order valence-electron chi connectivity index (χ2n) is 5.50. The highest BCUT2D eigenvalue weighted by Gasteiger charge is 2.34. The molecule has 1 aromatic heterocycles. The fourth-order valence-electron chi connectivity index (χ4n) is 2.96. The molecule has 1 aromatic rings. The molecule has 0 radical (unpaired) electrons. The SMILES string of the molecule is CCN(Cc1ccncc1)CC1(CBr)CCCC1. The van der Waals surface area contributed by atoms with E-state index in [0.717, 1.165) is 18.4 Å². The molecule has 100 valence electrons. The van der Waals surface area contributed by atoms with E-state index in [1.807, 2.05) is 12.4 Å². The monoisotopic (exact) mass is 310 g/mol. The topological polar surface area (TPSA) is 16.1 Å². The van der Waals surface area contributed by atoms with Crippen molar-refractivity contribution in [3.8, 4) is 0 Å². The molecule has 0 spiro atoms. The minimum atomic E-state index is 0.517. The summed E-state index contributed by atoms with van der Waals surface area (Å²) in [5.74, 6) is 0. The zero-order chi connectivity index (χ0) is 12.8. The number of rotatable bonds is 6. The van der Waals surface area contributed by atoms with Gasteiger partial charge in [0.1, 0.15) is 0 Å². The Kier molecular flexibility index (Phi) is 5.19. The summed E-state index contributed by atoms with van der Waals surface area (Å²) in [5, 5.41) is 1.15. The van der Waals surface area contributed by atoms with E-state index in [2.05, 4.69) is 44.9 Å². The number of nitrogens with zero attached hydrogens (tertiary/aromatic N) is 2. The van der Waals surface area contributed by atoms with Crippen LogP contribution in [0.4, 0.5) is 0 Å². The molecule has 18 heavy (non-hydrogen) atoms. The molecule has 2 nitrogen and oxygen atoms in total. The van der Waals surface area contributed by atoms with Crippen molar-refractivity contribution in [2.45, 2.75) is 39.2 Å². The predicted octanol–water partition coefficient (Wildman–Crippen LogP) is 3.86. The second-order valence-corrected chi connectivity index (χ2v) is 6.06. The van der Waals surface area contributed by atoms with Crippen LogP contribution in [0.15, 0.2) is 24.5 Å². The summed E-state index contributed by atoms with van der Waals surface area (Å²) in [4.78, 5) is 6.66. The average molecular weight is 311 g/mol. The smallest absolute Gasteiger partial charge is 0.0271 e. The molecule has 0 atom stereocenters. The van der Waals surface area contributed by atoms with Crippen LogP contribution in [0.2, 0.25) is 0 Å². The minimum Gasteiger partial charge on any atom is -0.299 e. The molecular weight excluding hydrogens is 288 g/mol. The molecule has 0 N–H and O–H groups in total. The van der Waals surface area contributed by atoms with Crippen molar-refractivity contribution in [2.75, 3.05) is 18.4 Å². The maximum atomic E-state index is 4.09. The van der Waals surface area contributed by atoms with Crippen molar-refractivity contribution in [3.63, 3.8) is 0 Å². The molecule has 1 aliphatic rings. The van der Waals surface area contributed by atoms with Crippen LogP contribution in [0, 0.1) is 5.41 Å². The molecule has 3 heteroatoms. The van der Waals surface area contributed by atoms with Gasteiger partial charge in [-0.05, 0) is 42.5 Å². The van der Waals surface area contributed by atoms with Gasteiger partial charge in [0.2, 0.25) is 0 Å². The second kappa shape index (κ2) is 6.67. The van der Waals surface area contributed by atoms with E-state index >= 15 is 0 Å². The van der Waals surface area contributed by atoms with Gasteiger partial charge in [-0.15, -0.1) is 0 Å². The van der Waals surface area contributed by atoms with Crippen molar-refractivity contribution >= 4 is 15.9 Å². The van der Waals surface area contributed by atoms with E-state index in [1.165, 1.54) is 37.8 Å². The van der Waals surface area contributed by atoms with Crippen LogP contribution < -0.4 is 0 Å². The normalized spacial score (nSPS) is 18.4. The summed E-state index contributed by atoms with van der Waals surface area (Å²) >= 11 is 3.74. The number of aromatic nitrogens is 1. The third-order valence-electron chi connectivity index (χ3n) is 4.11. The molecule has 1 heterocycles. The molecule has 2 rings (SSSR count). The van der Waals surface area contributed by atoms with Gasteiger partial charge in [0.25, 0.3) is 0 Å². The Morgan fingerprint density at radius 1 is 1.28 bits per heavy atom. The van der Waals surface area contributed by atoms with Gasteiger partial charge in [0.15, 0.2) is 0 Å². The lowest BCUT2D eigenvalue weighted by atomic mass is 9.88. The number of pyridine rings is 1. The third kappa shape index (κ3) is 3.55. The van der Waals surface area contributed by atoms with Gasteiger partial charge in [-0.2, -0.15) is 0 Å². The standard InChI is InChI=1S/C15H23BrN2/c1-2-18(11-14-5-9-17-10-6-14)13-15(12-16)7-3-4-8-15/h5-6,9-10H,2-4,7-8,11-13H2,1H3. The van der Waals surface area contributed by atoms with Gasteiger partial charge in [0.05, 0.1) is 0 Å². The van der Waals surface area contributed by atoms with Gasteiger partial charge >= 0.3 is 0 Å². The largest absolute Gasteiger partial charge is 0.299 e. The van der Waals surface area contributed by atoms with Crippen molar-refractivity contribution in [3.05, 3.63) is 30.1 Å². The zero-order valence-corrected chi connectivity index (χ0v) is 12.8. The first-order valence-corrected chi connectivity index (χ1v) is 8.07. The van der Waals surface area contributed by atoms with E-state index < -0.39 is 0 Å². The van der Waals surface area contributed by atoms with Crippen LogP contribution in [-0.2, 0) is 6.54 Å². The van der Waals surface area contributed by atoms with Crippen LogP contribution in [0.3, 0.4) is 0 Å². The number of hydrogen-bond acceptors (Lipinski definition) is 2. The van der Waals surface area contributed by atoms with E-state index in [1.54, 1.807) is 0 Å². The first kappa shape index (κ1) is 14.0. The Labute approximate surface area is 119 Å². The lowest BCUT2D eigenvalue weighted by Crippen LogP contribution is -2.37. The Morgan fingerprint density at radius 3 is 2.50 bits per heavy atom.